The van der Waals surface area contributed by atoms with Gasteiger partial charge in [0.2, 0.25) is 6.29 Å². The van der Waals surface area contributed by atoms with Crippen molar-refractivity contribution in [2.24, 2.45) is 0 Å². The minimum Gasteiger partial charge on any atom is -0.507 e. The number of phenols is 1. The third-order valence-electron chi connectivity index (χ3n) is 5.42. The number of aliphatic hydroxyl groups excluding tert-OH is 4. The molecule has 0 aromatic heterocycles. The highest BCUT2D eigenvalue weighted by molar-refractivity contribution is 5.99. The van der Waals surface area contributed by atoms with Crippen LogP contribution in [-0.2, 0) is 11.3 Å². The summed E-state index contributed by atoms with van der Waals surface area (Å²) in [6, 6.07) is 11.9. The van der Waals surface area contributed by atoms with Gasteiger partial charge in [0, 0.05) is 6.54 Å². The molecule has 1 heterocycles. The average Bonchev–Trinajstić information content (AvgIpc) is 2.78. The number of ether oxygens (including phenoxy) is 2. The molecule has 1 aliphatic rings. The Morgan fingerprint density at radius 3 is 2.38 bits per heavy atom. The molecule has 9 heteroatoms. The molecule has 32 heavy (non-hydrogen) atoms. The Morgan fingerprint density at radius 1 is 1.06 bits per heavy atom. The van der Waals surface area contributed by atoms with Crippen LogP contribution < -0.4 is 10.1 Å². The van der Waals surface area contributed by atoms with Crippen LogP contribution in [0.25, 0.3) is 0 Å². The molecule has 1 amide bonds. The Balaban J connectivity index is 1.74. The highest BCUT2D eigenvalue weighted by Gasteiger charge is 2.45. The molecular formula is C23H29NO8. The van der Waals surface area contributed by atoms with Gasteiger partial charge in [-0.25, -0.2) is 0 Å². The molecule has 5 atom stereocenters. The summed E-state index contributed by atoms with van der Waals surface area (Å²) < 4.78 is 10.9. The number of nitrogens with one attached hydrogen (secondary N) is 1. The maximum atomic E-state index is 12.8. The van der Waals surface area contributed by atoms with Gasteiger partial charge < -0.3 is 40.3 Å². The zero-order valence-corrected chi connectivity index (χ0v) is 17.9. The topological polar surface area (TPSA) is 149 Å². The lowest BCUT2D eigenvalue weighted by atomic mass is 9.99. The van der Waals surface area contributed by atoms with E-state index in [4.69, 9.17) is 9.47 Å². The van der Waals surface area contributed by atoms with Crippen molar-refractivity contribution in [1.82, 2.24) is 5.32 Å². The second-order valence-corrected chi connectivity index (χ2v) is 8.04. The van der Waals surface area contributed by atoms with E-state index in [9.17, 15) is 30.3 Å². The fourth-order valence-electron chi connectivity index (χ4n) is 3.43. The number of aromatic hydroxyl groups is 1. The zero-order chi connectivity index (χ0) is 23.4. The lowest BCUT2D eigenvalue weighted by molar-refractivity contribution is -0.277. The molecule has 3 rings (SSSR count). The first-order valence-corrected chi connectivity index (χ1v) is 10.4. The van der Waals surface area contributed by atoms with Gasteiger partial charge in [0.25, 0.3) is 5.91 Å². The van der Waals surface area contributed by atoms with E-state index in [-0.39, 0.29) is 23.6 Å². The minimum absolute atomic E-state index is 0.0954. The second kappa shape index (κ2) is 10.3. The number of rotatable bonds is 7. The molecular weight excluding hydrogens is 418 g/mol. The molecule has 6 N–H and O–H groups in total. The number of carbonyl (C=O) groups is 1. The van der Waals surface area contributed by atoms with Crippen LogP contribution in [0.4, 0.5) is 0 Å². The van der Waals surface area contributed by atoms with Crippen LogP contribution in [0.15, 0.2) is 42.5 Å². The van der Waals surface area contributed by atoms with Gasteiger partial charge in [0.05, 0.1) is 6.61 Å². The van der Waals surface area contributed by atoms with E-state index < -0.39 is 43.2 Å². The molecule has 2 aromatic rings. The predicted molar refractivity (Wildman–Crippen MR) is 114 cm³/mol. The van der Waals surface area contributed by atoms with E-state index in [0.29, 0.717) is 5.92 Å². The lowest BCUT2D eigenvalue weighted by Gasteiger charge is -2.39. The van der Waals surface area contributed by atoms with Gasteiger partial charge >= 0.3 is 0 Å². The first kappa shape index (κ1) is 24.0. The Hall–Kier alpha value is -2.69. The predicted octanol–water partition coefficient (Wildman–Crippen LogP) is 0.624. The summed E-state index contributed by atoms with van der Waals surface area (Å²) in [4.78, 5) is 12.8. The maximum Gasteiger partial charge on any atom is 0.259 e. The van der Waals surface area contributed by atoms with E-state index in [2.05, 4.69) is 19.2 Å². The smallest absolute Gasteiger partial charge is 0.259 e. The molecule has 2 aromatic carbocycles. The van der Waals surface area contributed by atoms with Crippen molar-refractivity contribution < 1.29 is 39.8 Å². The van der Waals surface area contributed by atoms with E-state index in [1.165, 1.54) is 23.8 Å². The molecule has 0 bridgehead atoms. The van der Waals surface area contributed by atoms with Crippen LogP contribution in [0, 0.1) is 0 Å². The van der Waals surface area contributed by atoms with Crippen molar-refractivity contribution in [3.8, 4) is 11.5 Å². The molecule has 0 radical (unpaired) electrons. The molecule has 9 nitrogen and oxygen atoms in total. The molecule has 0 aliphatic carbocycles. The zero-order valence-electron chi connectivity index (χ0n) is 17.9. The molecule has 0 unspecified atom stereocenters. The maximum absolute atomic E-state index is 12.8. The number of benzene rings is 2. The standard InChI is InChI=1S/C23H29NO8/c1-12(2)14-8-6-13(7-9-14)10-24-22(30)18-15(26)4-3-5-16(18)31-23-21(29)20(28)19(27)17(11-25)32-23/h3-9,12,17,19-21,23,25-29H,10-11H2,1-2H3,(H,24,30)/t17-,19-,20+,21-,23-/m1/s1. The first-order valence-electron chi connectivity index (χ1n) is 10.4. The van der Waals surface area contributed by atoms with Crippen LogP contribution in [0.5, 0.6) is 11.5 Å². The van der Waals surface area contributed by atoms with Gasteiger partial charge in [0.1, 0.15) is 41.5 Å². The number of carbonyl (C=O) groups excluding carboxylic acids is 1. The lowest BCUT2D eigenvalue weighted by Crippen LogP contribution is -2.60. The summed E-state index contributed by atoms with van der Waals surface area (Å²) >= 11 is 0. The number of hydrogen-bond donors (Lipinski definition) is 6. The van der Waals surface area contributed by atoms with Crippen molar-refractivity contribution in [2.75, 3.05) is 6.61 Å². The van der Waals surface area contributed by atoms with Gasteiger partial charge in [0.15, 0.2) is 0 Å². The van der Waals surface area contributed by atoms with Crippen molar-refractivity contribution in [3.05, 3.63) is 59.2 Å². The Morgan fingerprint density at radius 2 is 1.75 bits per heavy atom. The average molecular weight is 447 g/mol. The van der Waals surface area contributed by atoms with Gasteiger partial charge in [-0.3, -0.25) is 4.79 Å². The van der Waals surface area contributed by atoms with E-state index in [0.717, 1.165) is 5.56 Å². The SMILES string of the molecule is CC(C)c1ccc(CNC(=O)c2c(O)cccc2O[C@@H]2O[C@H](CO)[C@@H](O)[C@H](O)[C@H]2O)cc1. The summed E-state index contributed by atoms with van der Waals surface area (Å²) in [6.45, 7) is 3.77. The molecule has 1 aliphatic heterocycles. The Bertz CT molecular complexity index is 915. The molecule has 1 saturated heterocycles. The summed E-state index contributed by atoms with van der Waals surface area (Å²) in [6.07, 6.45) is -7.46. The Kier molecular flexibility index (Phi) is 7.70. The summed E-state index contributed by atoms with van der Waals surface area (Å²) in [5.41, 5.74) is 1.87. The van der Waals surface area contributed by atoms with Gasteiger partial charge in [-0.15, -0.1) is 0 Å². The van der Waals surface area contributed by atoms with Gasteiger partial charge in [-0.2, -0.15) is 0 Å². The van der Waals surface area contributed by atoms with Crippen LogP contribution in [-0.4, -0.2) is 68.8 Å². The normalized spacial score (nSPS) is 25.5. The first-order chi connectivity index (χ1) is 15.2. The largest absolute Gasteiger partial charge is 0.507 e. The number of aliphatic hydroxyl groups is 4. The van der Waals surface area contributed by atoms with Crippen molar-refractivity contribution in [1.29, 1.82) is 0 Å². The summed E-state index contributed by atoms with van der Waals surface area (Å²) in [7, 11) is 0. The highest BCUT2D eigenvalue weighted by Crippen LogP contribution is 2.31. The molecule has 174 valence electrons. The fourth-order valence-corrected chi connectivity index (χ4v) is 3.43. The van der Waals surface area contributed by atoms with Crippen molar-refractivity contribution in [3.63, 3.8) is 0 Å². The quantitative estimate of drug-likeness (QED) is 0.362. The molecule has 1 fully saturated rings. The Labute approximate surface area is 185 Å². The fraction of sp³-hybridized carbons (Fsp3) is 0.435. The summed E-state index contributed by atoms with van der Waals surface area (Å²) in [5.74, 6) is -0.667. The summed E-state index contributed by atoms with van der Waals surface area (Å²) in [5, 5.41) is 52.3. The van der Waals surface area contributed by atoms with E-state index >= 15 is 0 Å². The van der Waals surface area contributed by atoms with E-state index in [1.807, 2.05) is 24.3 Å². The van der Waals surface area contributed by atoms with Crippen LogP contribution in [0.2, 0.25) is 0 Å². The van der Waals surface area contributed by atoms with E-state index in [1.54, 1.807) is 0 Å². The molecule has 0 spiro atoms. The van der Waals surface area contributed by atoms with Gasteiger partial charge in [-0.1, -0.05) is 44.2 Å². The number of amides is 1. The van der Waals surface area contributed by atoms with Crippen LogP contribution in [0.3, 0.4) is 0 Å². The molecule has 0 saturated carbocycles. The van der Waals surface area contributed by atoms with Crippen molar-refractivity contribution in [2.45, 2.75) is 57.0 Å². The monoisotopic (exact) mass is 447 g/mol. The highest BCUT2D eigenvalue weighted by atomic mass is 16.7. The second-order valence-electron chi connectivity index (χ2n) is 8.04. The third-order valence-corrected chi connectivity index (χ3v) is 5.42. The van der Waals surface area contributed by atoms with Crippen molar-refractivity contribution >= 4 is 5.91 Å². The third kappa shape index (κ3) is 5.20. The number of phenolic OH excluding ortho intramolecular Hbond substituents is 1. The van der Waals surface area contributed by atoms with Gasteiger partial charge in [-0.05, 0) is 29.2 Å². The number of hydrogen-bond acceptors (Lipinski definition) is 8. The van der Waals surface area contributed by atoms with Crippen LogP contribution >= 0.6 is 0 Å². The minimum atomic E-state index is -1.65. The van der Waals surface area contributed by atoms with Crippen LogP contribution in [0.1, 0.15) is 41.3 Å².